The largest absolute Gasteiger partial charge is 0.481 e. The first-order valence-electron chi connectivity index (χ1n) is 5.74. The summed E-state index contributed by atoms with van der Waals surface area (Å²) in [5.74, 6) is -4.16. The molecule has 0 aromatic heterocycles. The number of hydrogen-bond donors (Lipinski definition) is 2. The first-order valence-corrected chi connectivity index (χ1v) is 12.0. The fourth-order valence-corrected chi connectivity index (χ4v) is 0.919. The molecule has 142 valence electrons. The zero-order chi connectivity index (χ0) is 18.3. The molecule has 2 N–H and O–H groups in total. The van der Waals surface area contributed by atoms with E-state index in [1.165, 1.54) is 13.8 Å². The van der Waals surface area contributed by atoms with Crippen LogP contribution in [0.1, 0.15) is 41.5 Å². The maximum atomic E-state index is 10.6. The third-order valence-electron chi connectivity index (χ3n) is 2.14. The zero-order valence-electron chi connectivity index (χ0n) is 12.2. The lowest BCUT2D eigenvalue weighted by atomic mass is 10.1. The second-order valence-electron chi connectivity index (χ2n) is 3.99. The van der Waals surface area contributed by atoms with E-state index in [1.807, 2.05) is 0 Å². The van der Waals surface area contributed by atoms with E-state index in [1.54, 1.807) is 0 Å². The molecule has 0 bridgehead atoms. The third kappa shape index (κ3) is 23.3. The number of rotatable bonds is 6. The first kappa shape index (κ1) is 34.4. The maximum Gasteiger partial charge on any atom is 0.306 e. The van der Waals surface area contributed by atoms with Crippen molar-refractivity contribution in [2.45, 2.75) is 41.5 Å². The summed E-state index contributed by atoms with van der Waals surface area (Å²) < 4.78 is 0. The highest BCUT2D eigenvalue weighted by molar-refractivity contribution is 15.0. The summed E-state index contributed by atoms with van der Waals surface area (Å²) in [7, 11) is 0. The van der Waals surface area contributed by atoms with Crippen molar-refractivity contribution in [2.75, 3.05) is 0 Å². The number of carboxylic acids is 2. The number of aliphatic imine (C=N–C) groups is 2. The molecule has 0 aliphatic carbocycles. The van der Waals surface area contributed by atoms with Gasteiger partial charge in [0, 0.05) is 49.6 Å². The summed E-state index contributed by atoms with van der Waals surface area (Å²) in [5, 5.41) is 16.5. The summed E-state index contributed by atoms with van der Waals surface area (Å²) in [6, 6.07) is 0. The van der Waals surface area contributed by atoms with Gasteiger partial charge in [0.05, 0.1) is 12.3 Å². The van der Waals surface area contributed by atoms with Crippen LogP contribution in [0, 0.1) is 11.8 Å². The minimum atomic E-state index is -0.996. The quantitative estimate of drug-likeness (QED) is 0.369. The normalized spacial score (nSPS) is 10.3. The van der Waals surface area contributed by atoms with Crippen molar-refractivity contribution in [2.24, 2.45) is 21.8 Å². The Morgan fingerprint density at radius 2 is 1.33 bits per heavy atom. The Bertz CT molecular complexity index is 416. The third-order valence-corrected chi connectivity index (χ3v) is 2.14. The van der Waals surface area contributed by atoms with Crippen molar-refractivity contribution >= 4 is 74.4 Å². The lowest BCUT2D eigenvalue weighted by Gasteiger charge is -2.00. The number of amides is 2. The summed E-state index contributed by atoms with van der Waals surface area (Å²) in [6.45, 7) is 8.93. The zero-order valence-corrected chi connectivity index (χ0v) is 16.5. The average Bonchev–Trinajstić information content (AvgIpc) is 2.47. The van der Waals surface area contributed by atoms with E-state index in [0.717, 1.165) is 0 Å². The predicted octanol–water partition coefficient (Wildman–Crippen LogP) is 3.69. The smallest absolute Gasteiger partial charge is 0.306 e. The van der Waals surface area contributed by atoms with Crippen LogP contribution in [0.2, 0.25) is 0 Å². The summed E-state index contributed by atoms with van der Waals surface area (Å²) in [6.07, 6.45) is -0.253. The van der Waals surface area contributed by atoms with Crippen molar-refractivity contribution in [1.82, 2.24) is 0 Å². The Labute approximate surface area is 166 Å². The molecular weight excluding hydrogens is 546 g/mol. The van der Waals surface area contributed by atoms with Gasteiger partial charge >= 0.3 is 11.9 Å². The van der Waals surface area contributed by atoms with Gasteiger partial charge in [0.1, 0.15) is 0 Å². The fourth-order valence-electron chi connectivity index (χ4n) is 0.919. The van der Waals surface area contributed by atoms with Crippen molar-refractivity contribution in [3.63, 3.8) is 0 Å². The van der Waals surface area contributed by atoms with Crippen molar-refractivity contribution in [3.05, 3.63) is 0 Å². The number of carboxylic acid groups (broad SMARTS) is 2. The SMILES string of the molecule is C.C.C=NC(=O)C(C)CC(=O)O.C=NC(=O)CC(C)C(=O)O.II. The summed E-state index contributed by atoms with van der Waals surface area (Å²) in [4.78, 5) is 47.3. The van der Waals surface area contributed by atoms with E-state index in [9.17, 15) is 19.2 Å². The second kappa shape index (κ2) is 22.1. The molecule has 0 radical (unpaired) electrons. The van der Waals surface area contributed by atoms with Crippen LogP contribution >= 0.6 is 37.2 Å². The molecule has 2 atom stereocenters. The van der Waals surface area contributed by atoms with Crippen LogP contribution in [0.15, 0.2) is 9.98 Å². The highest BCUT2D eigenvalue weighted by atomic mass is 128. The Morgan fingerprint density at radius 3 is 1.58 bits per heavy atom. The van der Waals surface area contributed by atoms with Crippen LogP contribution < -0.4 is 0 Å². The molecule has 2 amide bonds. The molecule has 2 unspecified atom stereocenters. The number of nitrogens with zero attached hydrogens (tertiary/aromatic N) is 2. The maximum absolute atomic E-state index is 10.6. The minimum absolute atomic E-state index is 0. The fraction of sp³-hybridized carbons (Fsp3) is 0.571. The Balaban J connectivity index is -0.0000000843. The molecule has 0 spiro atoms. The van der Waals surface area contributed by atoms with Crippen LogP contribution in [0.5, 0.6) is 0 Å². The molecule has 24 heavy (non-hydrogen) atoms. The summed E-state index contributed by atoms with van der Waals surface area (Å²) >= 11 is 4.24. The van der Waals surface area contributed by atoms with E-state index in [-0.39, 0.29) is 27.7 Å². The molecule has 0 aromatic carbocycles. The highest BCUT2D eigenvalue weighted by Crippen LogP contribution is 2.03. The second-order valence-corrected chi connectivity index (χ2v) is 3.99. The average molecular weight is 572 g/mol. The van der Waals surface area contributed by atoms with Crippen LogP contribution in [-0.4, -0.2) is 47.4 Å². The van der Waals surface area contributed by atoms with Crippen LogP contribution in [-0.2, 0) is 19.2 Å². The van der Waals surface area contributed by atoms with E-state index in [2.05, 4.69) is 60.7 Å². The molecular formula is C14H26I2N2O6. The first-order chi connectivity index (χ1) is 10.1. The predicted molar refractivity (Wildman–Crippen MR) is 113 cm³/mol. The van der Waals surface area contributed by atoms with Crippen LogP contribution in [0.4, 0.5) is 0 Å². The number of carbonyl (C=O) groups is 4. The van der Waals surface area contributed by atoms with Crippen LogP contribution in [0.25, 0.3) is 0 Å². The Kier molecular flexibility index (Phi) is 31.7. The van der Waals surface area contributed by atoms with E-state index < -0.39 is 35.6 Å². The standard InChI is InChI=1S/2C6H9NO3.2CH4.I2/c1-4(3-5(8)9)6(10)7-2;1-4(6(9)10)3-5(8)7-2;;;1-2/h4H,2-3H2,1H3,(H,8,9);4H,2-3H2,1H3,(H,9,10);2*1H4;. The van der Waals surface area contributed by atoms with Gasteiger partial charge in [0.2, 0.25) is 11.8 Å². The topological polar surface area (TPSA) is 133 Å². The van der Waals surface area contributed by atoms with Gasteiger partial charge in [-0.05, 0) is 13.4 Å². The molecule has 0 saturated heterocycles. The highest BCUT2D eigenvalue weighted by Gasteiger charge is 2.14. The molecule has 0 rings (SSSR count). The molecule has 0 aliphatic heterocycles. The lowest BCUT2D eigenvalue weighted by Crippen LogP contribution is -2.12. The molecule has 8 nitrogen and oxygen atoms in total. The van der Waals surface area contributed by atoms with Gasteiger partial charge in [-0.2, -0.15) is 0 Å². The molecule has 0 heterocycles. The summed E-state index contributed by atoms with van der Waals surface area (Å²) in [5.41, 5.74) is 0. The van der Waals surface area contributed by atoms with Crippen molar-refractivity contribution in [3.8, 4) is 0 Å². The van der Waals surface area contributed by atoms with Gasteiger partial charge in [-0.25, -0.2) is 9.98 Å². The number of halogens is 2. The van der Waals surface area contributed by atoms with Gasteiger partial charge in [0.25, 0.3) is 0 Å². The van der Waals surface area contributed by atoms with E-state index >= 15 is 0 Å². The minimum Gasteiger partial charge on any atom is -0.481 e. The number of carbonyl (C=O) groups excluding carboxylic acids is 2. The Hall–Kier alpha value is -0.920. The molecule has 10 heteroatoms. The van der Waals surface area contributed by atoms with Gasteiger partial charge in [0.15, 0.2) is 0 Å². The number of hydrogen-bond acceptors (Lipinski definition) is 4. The lowest BCUT2D eigenvalue weighted by molar-refractivity contribution is -0.143. The molecule has 0 aromatic rings. The molecule has 0 saturated carbocycles. The van der Waals surface area contributed by atoms with Crippen molar-refractivity contribution < 1.29 is 29.4 Å². The Morgan fingerprint density at radius 1 is 0.917 bits per heavy atom. The number of aliphatic carboxylic acids is 2. The van der Waals surface area contributed by atoms with Gasteiger partial charge in [-0.1, -0.05) is 28.7 Å². The van der Waals surface area contributed by atoms with Crippen molar-refractivity contribution in [1.29, 1.82) is 0 Å². The van der Waals surface area contributed by atoms with E-state index in [4.69, 9.17) is 10.2 Å². The monoisotopic (exact) mass is 572 g/mol. The van der Waals surface area contributed by atoms with Crippen LogP contribution in [0.3, 0.4) is 0 Å². The van der Waals surface area contributed by atoms with Gasteiger partial charge in [-0.15, -0.1) is 0 Å². The molecule has 0 fully saturated rings. The van der Waals surface area contributed by atoms with Gasteiger partial charge in [-0.3, -0.25) is 19.2 Å². The van der Waals surface area contributed by atoms with E-state index in [0.29, 0.717) is 0 Å². The molecule has 0 aliphatic rings. The van der Waals surface area contributed by atoms with Gasteiger partial charge < -0.3 is 10.2 Å².